The molecule has 0 unspecified atom stereocenters. The Morgan fingerprint density at radius 1 is 1.10 bits per heavy atom. The molecule has 6 nitrogen and oxygen atoms in total. The molecular weight excluding hydrogens is 414 g/mol. The molecule has 0 aliphatic rings. The lowest BCUT2D eigenvalue weighted by Crippen LogP contribution is -2.21. The molecule has 0 radical (unpaired) electrons. The molecule has 0 atom stereocenters. The van der Waals surface area contributed by atoms with Crippen molar-refractivity contribution in [1.29, 1.82) is 0 Å². The Morgan fingerprint density at radius 3 is 2.42 bits per heavy atom. The van der Waals surface area contributed by atoms with Gasteiger partial charge < -0.3 is 10.1 Å². The molecule has 3 aromatic rings. The van der Waals surface area contributed by atoms with Gasteiger partial charge in [-0.1, -0.05) is 62.7 Å². The summed E-state index contributed by atoms with van der Waals surface area (Å²) in [5, 5.41) is 8.04. The van der Waals surface area contributed by atoms with E-state index < -0.39 is 18.5 Å². The maximum atomic E-state index is 12.4. The van der Waals surface area contributed by atoms with Crippen molar-refractivity contribution in [3.05, 3.63) is 83.0 Å². The lowest BCUT2D eigenvalue weighted by molar-refractivity contribution is -0.142. The summed E-state index contributed by atoms with van der Waals surface area (Å²) in [5.41, 5.74) is 2.25. The summed E-state index contributed by atoms with van der Waals surface area (Å²) >= 11 is 5.84. The van der Waals surface area contributed by atoms with Crippen molar-refractivity contribution in [2.24, 2.45) is 0 Å². The Morgan fingerprint density at radius 2 is 1.77 bits per heavy atom. The van der Waals surface area contributed by atoms with Gasteiger partial charge in [0.2, 0.25) is 0 Å². The maximum Gasteiger partial charge on any atom is 0.331 e. The lowest BCUT2D eigenvalue weighted by Gasteiger charge is -2.14. The molecular formula is C24H24ClN3O3. The van der Waals surface area contributed by atoms with Gasteiger partial charge in [0, 0.05) is 22.6 Å². The first-order valence-electron chi connectivity index (χ1n) is 9.78. The van der Waals surface area contributed by atoms with Crippen LogP contribution in [0, 0.1) is 0 Å². The van der Waals surface area contributed by atoms with E-state index in [1.807, 2.05) is 57.2 Å². The van der Waals surface area contributed by atoms with E-state index in [9.17, 15) is 9.59 Å². The first-order valence-corrected chi connectivity index (χ1v) is 10.2. The zero-order valence-electron chi connectivity index (χ0n) is 17.6. The quantitative estimate of drug-likeness (QED) is 0.434. The third-order valence-corrected chi connectivity index (χ3v) is 4.63. The predicted molar refractivity (Wildman–Crippen MR) is 122 cm³/mol. The molecule has 0 aliphatic carbocycles. The van der Waals surface area contributed by atoms with E-state index in [0.29, 0.717) is 10.8 Å². The van der Waals surface area contributed by atoms with E-state index >= 15 is 0 Å². The Balaban J connectivity index is 1.65. The highest BCUT2D eigenvalue weighted by molar-refractivity contribution is 6.30. The average Bonchev–Trinajstić information content (AvgIpc) is 3.17. The van der Waals surface area contributed by atoms with Crippen LogP contribution in [0.15, 0.2) is 66.7 Å². The molecule has 31 heavy (non-hydrogen) atoms. The average molecular weight is 438 g/mol. The highest BCUT2D eigenvalue weighted by atomic mass is 35.5. The Kier molecular flexibility index (Phi) is 6.92. The van der Waals surface area contributed by atoms with Crippen LogP contribution in [0.1, 0.15) is 32.0 Å². The van der Waals surface area contributed by atoms with Crippen molar-refractivity contribution < 1.29 is 14.3 Å². The van der Waals surface area contributed by atoms with Crippen molar-refractivity contribution in [3.63, 3.8) is 0 Å². The van der Waals surface area contributed by atoms with Crippen molar-refractivity contribution in [3.8, 4) is 5.69 Å². The minimum Gasteiger partial charge on any atom is -0.452 e. The Hall–Kier alpha value is -3.38. The molecule has 0 bridgehead atoms. The second-order valence-electron chi connectivity index (χ2n) is 7.95. The maximum absolute atomic E-state index is 12.4. The second-order valence-corrected chi connectivity index (χ2v) is 8.39. The smallest absolute Gasteiger partial charge is 0.331 e. The van der Waals surface area contributed by atoms with Crippen LogP contribution in [0.4, 0.5) is 5.82 Å². The number of para-hydroxylation sites is 1. The number of ether oxygens (including phenoxy) is 1. The number of benzene rings is 2. The summed E-state index contributed by atoms with van der Waals surface area (Å²) < 4.78 is 6.72. The molecule has 0 fully saturated rings. The topological polar surface area (TPSA) is 73.2 Å². The number of nitrogens with zero attached hydrogens (tertiary/aromatic N) is 2. The number of hydrogen-bond donors (Lipinski definition) is 1. The normalized spacial score (nSPS) is 11.5. The second kappa shape index (κ2) is 9.62. The first-order chi connectivity index (χ1) is 14.7. The number of hydrogen-bond acceptors (Lipinski definition) is 4. The number of anilines is 1. The molecule has 0 saturated carbocycles. The van der Waals surface area contributed by atoms with Gasteiger partial charge in [-0.05, 0) is 35.9 Å². The number of carbonyl (C=O) groups excluding carboxylic acids is 2. The van der Waals surface area contributed by atoms with E-state index in [1.54, 1.807) is 35.0 Å². The molecule has 7 heteroatoms. The first kappa shape index (κ1) is 22.3. The van der Waals surface area contributed by atoms with Gasteiger partial charge in [-0.3, -0.25) is 4.79 Å². The van der Waals surface area contributed by atoms with Gasteiger partial charge >= 0.3 is 5.97 Å². The Labute approximate surface area is 186 Å². The number of nitrogens with one attached hydrogen (secondary N) is 1. The highest BCUT2D eigenvalue weighted by Crippen LogP contribution is 2.26. The summed E-state index contributed by atoms with van der Waals surface area (Å²) in [5.74, 6) is -0.559. The van der Waals surface area contributed by atoms with Gasteiger partial charge in [-0.15, -0.1) is 0 Å². The van der Waals surface area contributed by atoms with Crippen molar-refractivity contribution >= 4 is 35.4 Å². The Bertz CT molecular complexity index is 1080. The summed E-state index contributed by atoms with van der Waals surface area (Å²) in [4.78, 5) is 24.3. The van der Waals surface area contributed by atoms with Gasteiger partial charge in [-0.2, -0.15) is 5.10 Å². The minimum atomic E-state index is -0.614. The van der Waals surface area contributed by atoms with Crippen molar-refractivity contribution in [2.75, 3.05) is 11.9 Å². The summed E-state index contributed by atoms with van der Waals surface area (Å²) in [6, 6.07) is 18.3. The zero-order valence-corrected chi connectivity index (χ0v) is 18.4. The van der Waals surface area contributed by atoms with Gasteiger partial charge in [0.05, 0.1) is 11.4 Å². The van der Waals surface area contributed by atoms with Crippen LogP contribution >= 0.6 is 11.6 Å². The zero-order chi connectivity index (χ0) is 22.4. The number of halogens is 1. The standard InChI is InChI=1S/C24H24ClN3O3/c1-24(2,3)20-15-21(28(27-20)19-7-5-4-6-8-19)26-22(29)16-31-23(30)14-11-17-9-12-18(25)13-10-17/h4-15H,16H2,1-3H3,(H,26,29). The number of amides is 1. The molecule has 0 saturated heterocycles. The van der Waals surface area contributed by atoms with E-state index in [1.165, 1.54) is 6.08 Å². The fourth-order valence-electron chi connectivity index (χ4n) is 2.70. The van der Waals surface area contributed by atoms with Crippen molar-refractivity contribution in [1.82, 2.24) is 9.78 Å². The van der Waals surface area contributed by atoms with Crippen LogP contribution in [0.5, 0.6) is 0 Å². The number of carbonyl (C=O) groups is 2. The predicted octanol–water partition coefficient (Wildman–Crippen LogP) is 5.02. The molecule has 1 aromatic heterocycles. The molecule has 1 N–H and O–H groups in total. The van der Waals surface area contributed by atoms with Gasteiger partial charge in [0.1, 0.15) is 5.82 Å². The lowest BCUT2D eigenvalue weighted by atomic mass is 9.92. The van der Waals surface area contributed by atoms with Crippen LogP contribution in [-0.4, -0.2) is 28.3 Å². The van der Waals surface area contributed by atoms with Crippen LogP contribution in [0.25, 0.3) is 11.8 Å². The largest absolute Gasteiger partial charge is 0.452 e. The van der Waals surface area contributed by atoms with Gasteiger partial charge in [-0.25, -0.2) is 9.48 Å². The summed E-state index contributed by atoms with van der Waals surface area (Å²) in [6.45, 7) is 5.73. The van der Waals surface area contributed by atoms with E-state index in [-0.39, 0.29) is 5.41 Å². The van der Waals surface area contributed by atoms with E-state index in [4.69, 9.17) is 16.3 Å². The monoisotopic (exact) mass is 437 g/mol. The number of aromatic nitrogens is 2. The molecule has 1 amide bonds. The van der Waals surface area contributed by atoms with Crippen LogP contribution in [0.3, 0.4) is 0 Å². The van der Waals surface area contributed by atoms with Crippen LogP contribution < -0.4 is 5.32 Å². The van der Waals surface area contributed by atoms with Crippen LogP contribution in [-0.2, 0) is 19.7 Å². The minimum absolute atomic E-state index is 0.196. The molecule has 1 heterocycles. The molecule has 0 aliphatic heterocycles. The fraction of sp³-hybridized carbons (Fsp3) is 0.208. The SMILES string of the molecule is CC(C)(C)c1cc(NC(=O)COC(=O)C=Cc2ccc(Cl)cc2)n(-c2ccccc2)n1. The number of rotatable bonds is 6. The summed E-state index contributed by atoms with van der Waals surface area (Å²) in [7, 11) is 0. The molecule has 160 valence electrons. The third-order valence-electron chi connectivity index (χ3n) is 4.37. The fourth-order valence-corrected chi connectivity index (χ4v) is 2.83. The van der Waals surface area contributed by atoms with E-state index in [2.05, 4.69) is 10.4 Å². The number of esters is 1. The highest BCUT2D eigenvalue weighted by Gasteiger charge is 2.21. The molecule has 3 rings (SSSR count). The third kappa shape index (κ3) is 6.30. The van der Waals surface area contributed by atoms with Gasteiger partial charge in [0.15, 0.2) is 6.61 Å². The summed E-state index contributed by atoms with van der Waals surface area (Å²) in [6.07, 6.45) is 2.86. The van der Waals surface area contributed by atoms with E-state index in [0.717, 1.165) is 16.9 Å². The molecule has 0 spiro atoms. The molecule has 2 aromatic carbocycles. The van der Waals surface area contributed by atoms with Gasteiger partial charge in [0.25, 0.3) is 5.91 Å². The van der Waals surface area contributed by atoms with Crippen molar-refractivity contribution in [2.45, 2.75) is 26.2 Å². The van der Waals surface area contributed by atoms with Crippen LogP contribution in [0.2, 0.25) is 5.02 Å².